The molecular weight excluding hydrogens is 1190 g/mol. The second-order valence-electron chi connectivity index (χ2n) is 20.5. The van der Waals surface area contributed by atoms with Crippen LogP contribution in [0, 0.1) is 0 Å². The number of alkyl halides is 2. The van der Waals surface area contributed by atoms with Gasteiger partial charge in [0.25, 0.3) is 7.47 Å². The highest BCUT2D eigenvalue weighted by atomic mass is 32.7. The first kappa shape index (κ1) is 58.0. The quantitative estimate of drug-likeness (QED) is 0.0474. The summed E-state index contributed by atoms with van der Waals surface area (Å²) in [5.74, 6) is -0.0327. The molecule has 9 heterocycles. The zero-order valence-electron chi connectivity index (χ0n) is 45.9. The smallest absolute Gasteiger partial charge is 0.389 e. The number of esters is 1. The highest BCUT2D eigenvalue weighted by Gasteiger charge is 2.55. The number of para-hydroxylation sites is 1. The van der Waals surface area contributed by atoms with E-state index in [1.807, 2.05) is 60.4 Å². The van der Waals surface area contributed by atoms with E-state index in [1.54, 1.807) is 41.1 Å². The Kier molecular flexibility index (Phi) is 15.9. The number of benzene rings is 4. The van der Waals surface area contributed by atoms with Gasteiger partial charge in [0, 0.05) is 23.3 Å². The van der Waals surface area contributed by atoms with Gasteiger partial charge in [0.15, 0.2) is 47.7 Å². The minimum absolute atomic E-state index is 0.00883. The number of imidazole rings is 2. The summed E-state index contributed by atoms with van der Waals surface area (Å²) >= 11 is 0.659. The number of carbonyl (C=O) groups excluding carboxylic acids is 2. The van der Waals surface area contributed by atoms with Crippen molar-refractivity contribution in [3.05, 3.63) is 139 Å². The number of nitrogens with zero attached hydrogens (tertiary/aromatic N) is 12. The molecular formula is C55H51BF2N14O12P2S. The molecule has 3 fully saturated rings. The highest BCUT2D eigenvalue weighted by Crippen LogP contribution is 2.65. The van der Waals surface area contributed by atoms with Crippen LogP contribution in [0.15, 0.2) is 122 Å². The fourth-order valence-corrected chi connectivity index (χ4v) is 15.1. The zero-order valence-corrected chi connectivity index (χ0v) is 48.5. The average molecular weight is 1240 g/mol. The van der Waals surface area contributed by atoms with Crippen molar-refractivity contribution in [3.63, 3.8) is 0 Å². The van der Waals surface area contributed by atoms with Gasteiger partial charge in [0.2, 0.25) is 13.5 Å². The monoisotopic (exact) mass is 1240 g/mol. The predicted molar refractivity (Wildman–Crippen MR) is 311 cm³/mol. The number of halogens is 2. The molecule has 26 nitrogen and oxygen atoms in total. The molecule has 9 aromatic rings. The highest BCUT2D eigenvalue weighted by molar-refractivity contribution is 8.54. The molecule has 10 atom stereocenters. The van der Waals surface area contributed by atoms with Crippen LogP contribution in [0.3, 0.4) is 0 Å². The average Bonchev–Trinajstić information content (AvgIpc) is 1.77. The topological polar surface area (TPSA) is 315 Å². The number of anilines is 3. The van der Waals surface area contributed by atoms with Crippen molar-refractivity contribution in [1.29, 1.82) is 0 Å². The van der Waals surface area contributed by atoms with Gasteiger partial charge >= 0.3 is 12.8 Å². The summed E-state index contributed by atoms with van der Waals surface area (Å²) in [6.07, 6.45) is -8.05. The number of nitrogens with two attached hydrogens (primary N) is 2. The van der Waals surface area contributed by atoms with Crippen LogP contribution in [0.1, 0.15) is 53.7 Å². The number of hydrogen-bond donors (Lipinski definition) is 2. The molecule has 4 aromatic carbocycles. The Morgan fingerprint density at radius 3 is 2.02 bits per heavy atom. The maximum Gasteiger partial charge on any atom is 0.389 e. The first-order valence-electron chi connectivity index (χ1n) is 27.3. The van der Waals surface area contributed by atoms with E-state index in [0.29, 0.717) is 47.9 Å². The Hall–Kier alpha value is -8.05. The normalized spacial score (nSPS) is 25.4. The van der Waals surface area contributed by atoms with Crippen LogP contribution in [-0.4, -0.2) is 130 Å². The van der Waals surface area contributed by atoms with Crippen molar-refractivity contribution < 1.29 is 64.5 Å². The zero-order chi connectivity index (χ0) is 60.1. The van der Waals surface area contributed by atoms with E-state index >= 15 is 13.3 Å². The molecule has 3 saturated heterocycles. The molecule has 0 unspecified atom stereocenters. The molecule has 87 heavy (non-hydrogen) atoms. The molecule has 32 heteroatoms. The summed E-state index contributed by atoms with van der Waals surface area (Å²) in [6, 6.07) is 28.4. The molecule has 446 valence electrons. The van der Waals surface area contributed by atoms with Gasteiger partial charge in [-0.3, -0.25) is 27.5 Å². The molecule has 4 aliphatic heterocycles. The van der Waals surface area contributed by atoms with Crippen molar-refractivity contribution in [2.45, 2.75) is 87.8 Å². The van der Waals surface area contributed by atoms with Crippen molar-refractivity contribution in [2.75, 3.05) is 36.2 Å². The summed E-state index contributed by atoms with van der Waals surface area (Å²) in [6.45, 7) is -3.21. The van der Waals surface area contributed by atoms with Gasteiger partial charge in [-0.1, -0.05) is 66.7 Å². The van der Waals surface area contributed by atoms with Crippen LogP contribution in [0.25, 0.3) is 44.8 Å². The van der Waals surface area contributed by atoms with Gasteiger partial charge in [-0.05, 0) is 71.4 Å². The number of fused-ring (bicyclic) bond motifs is 9. The van der Waals surface area contributed by atoms with Crippen LogP contribution in [0.2, 0.25) is 0 Å². The minimum atomic E-state index is -4.73. The lowest BCUT2D eigenvalue weighted by molar-refractivity contribution is -0.118. The standard InChI is InChI=1S/C55H51BF2N14O12P2S/c1-2-7-40(73)69-22-32-8-3-4-9-35(32)46-43(36-10-5-6-11-37(36)69)67-68-72(46)20-21-77-33-18-14-31(15-19-33)55(74)80-34-16-12-30(13-17-34)25-87-86(76)79-24-39-47(41(57)53(82-39)70-28-65-44-49(59)61-26-63-51(44)70)83-85(56,75)78-23-38-48(84-86)42(58)54(81-38)71-29-66-45-50(60)62-27-64-52(45)71/h3-6,8-19,26-29,38-39,41-42,47-48,53-54H,2,7,20-25H2,1H3,(H2,59,61,63)(H2,60,62,64)/t38-,39-,41-,42-,47-,48-,53-,54-,85+,86+/m1/s1. The van der Waals surface area contributed by atoms with E-state index in [-0.39, 0.29) is 63.5 Å². The molecule has 13 rings (SSSR count). The van der Waals surface area contributed by atoms with E-state index in [9.17, 15) is 14.2 Å². The number of carbonyl (C=O) groups is 2. The van der Waals surface area contributed by atoms with Crippen molar-refractivity contribution in [2.24, 2.45) is 0 Å². The van der Waals surface area contributed by atoms with Gasteiger partial charge in [-0.25, -0.2) is 52.7 Å². The van der Waals surface area contributed by atoms with Gasteiger partial charge in [-0.2, -0.15) is 0 Å². The second-order valence-corrected chi connectivity index (χ2v) is 26.1. The molecule has 2 radical (unpaired) electrons. The summed E-state index contributed by atoms with van der Waals surface area (Å²) in [4.78, 5) is 53.3. The lowest BCUT2D eigenvalue weighted by Crippen LogP contribution is -2.37. The second kappa shape index (κ2) is 23.9. The fraction of sp³-hybridized carbons (Fsp3) is 0.309. The molecule has 4 N–H and O–H groups in total. The number of hydrogen-bond acceptors (Lipinski definition) is 23. The third-order valence-electron chi connectivity index (χ3n) is 14.9. The van der Waals surface area contributed by atoms with Crippen molar-refractivity contribution in [1.82, 2.24) is 54.0 Å². The number of aromatic nitrogens is 11. The summed E-state index contributed by atoms with van der Waals surface area (Å²) in [5, 5.41) is 9.17. The molecule has 0 spiro atoms. The Labute approximate surface area is 498 Å². The summed E-state index contributed by atoms with van der Waals surface area (Å²) in [7, 11) is 1.33. The molecule has 0 bridgehead atoms. The van der Waals surface area contributed by atoms with Crippen LogP contribution in [0.5, 0.6) is 11.5 Å². The van der Waals surface area contributed by atoms with E-state index in [0.717, 1.165) is 47.1 Å². The first-order chi connectivity index (χ1) is 42.1. The largest absolute Gasteiger partial charge is 0.492 e. The summed E-state index contributed by atoms with van der Waals surface area (Å²) < 4.78 is 114. The van der Waals surface area contributed by atoms with E-state index in [1.165, 1.54) is 33.9 Å². The Morgan fingerprint density at radius 1 is 0.747 bits per heavy atom. The fourth-order valence-electron chi connectivity index (χ4n) is 10.7. The Balaban J connectivity index is 0.684. The van der Waals surface area contributed by atoms with Gasteiger partial charge in [0.05, 0.1) is 55.9 Å². The Morgan fingerprint density at radius 2 is 1.36 bits per heavy atom. The van der Waals surface area contributed by atoms with Crippen molar-refractivity contribution >= 4 is 84.7 Å². The van der Waals surface area contributed by atoms with Gasteiger partial charge in [-0.15, -0.1) is 5.10 Å². The molecule has 1 amide bonds. The van der Waals surface area contributed by atoms with Crippen LogP contribution in [0.4, 0.5) is 26.1 Å². The van der Waals surface area contributed by atoms with Gasteiger partial charge < -0.3 is 44.4 Å². The lowest BCUT2D eigenvalue weighted by Gasteiger charge is -2.30. The number of ether oxygens (including phenoxy) is 4. The van der Waals surface area contributed by atoms with Crippen LogP contribution < -0.4 is 25.8 Å². The van der Waals surface area contributed by atoms with Crippen LogP contribution in [-0.2, 0) is 60.3 Å². The molecule has 4 aliphatic rings. The third-order valence-corrected chi connectivity index (χ3v) is 19.6. The molecule has 5 aromatic heterocycles. The molecule has 0 saturated carbocycles. The maximum atomic E-state index is 17.0. The first-order valence-corrected chi connectivity index (χ1v) is 32.1. The minimum Gasteiger partial charge on any atom is -0.492 e. The van der Waals surface area contributed by atoms with E-state index in [2.05, 4.69) is 40.2 Å². The number of amides is 1. The summed E-state index contributed by atoms with van der Waals surface area (Å²) in [5.41, 5.74) is 18.1. The van der Waals surface area contributed by atoms with Gasteiger partial charge in [0.1, 0.15) is 71.9 Å². The van der Waals surface area contributed by atoms with Crippen LogP contribution >= 0.6 is 25.7 Å². The number of rotatable bonds is 13. The number of nitrogen functional groups attached to an aromatic ring is 2. The third kappa shape index (κ3) is 11.5. The van der Waals surface area contributed by atoms with E-state index in [4.69, 9.17) is 56.1 Å². The Bertz CT molecular complexity index is 4170. The lowest BCUT2D eigenvalue weighted by atomic mass is 9.95. The predicted octanol–water partition coefficient (Wildman–Crippen LogP) is 8.31. The SMILES string of the molecule is [B][P@]1(=O)OC[C@H]2O[C@@H](n3cnc4c(N)ncnc43)[C@H](F)[C@@H]2O[P@@](=O)(SCc2ccc(OC(=O)c3ccc(OCCn4nnc5c4-c4ccccc4CN(C(=O)CCC)c4ccccc4-5)cc3)cc2)OC[C@H]2O[C@@H](n3cnc4c(N)ncnc43)[C@H](F)[C@@H]2O1. The van der Waals surface area contributed by atoms with E-state index < -0.39 is 82.7 Å². The van der Waals surface area contributed by atoms with Crippen molar-refractivity contribution in [3.8, 4) is 34.0 Å². The maximum absolute atomic E-state index is 17.0. The molecule has 0 aliphatic carbocycles.